The predicted octanol–water partition coefficient (Wildman–Crippen LogP) is 2.21. The third kappa shape index (κ3) is 2.67. The summed E-state index contributed by atoms with van der Waals surface area (Å²) < 4.78 is 0. The van der Waals surface area contributed by atoms with Crippen molar-refractivity contribution in [3.05, 3.63) is 64.2 Å². The van der Waals surface area contributed by atoms with Gasteiger partial charge in [0.05, 0.1) is 23.1 Å². The van der Waals surface area contributed by atoms with Crippen LogP contribution in [0.4, 0.5) is 5.69 Å². The van der Waals surface area contributed by atoms with Gasteiger partial charge in [-0.25, -0.2) is 4.98 Å². The summed E-state index contributed by atoms with van der Waals surface area (Å²) in [5.74, 6) is -0.223. The lowest BCUT2D eigenvalue weighted by molar-refractivity contribution is -0.384. The Labute approximate surface area is 102 Å². The standard InChI is InChI=1S/C12H9N3O3/c16-12(6-3-10-7-13-8-14-10)9-1-4-11(5-2-9)15(17)18/h1-8H,(H,13,14)/b6-3+. The second-order valence-corrected chi connectivity index (χ2v) is 3.51. The van der Waals surface area contributed by atoms with Crippen molar-refractivity contribution in [2.45, 2.75) is 0 Å². The minimum absolute atomic E-state index is 0.0379. The minimum Gasteiger partial charge on any atom is -0.345 e. The molecule has 1 N–H and O–H groups in total. The molecule has 0 atom stereocenters. The Balaban J connectivity index is 2.12. The molecular formula is C12H9N3O3. The molecule has 2 rings (SSSR count). The fraction of sp³-hybridized carbons (Fsp3) is 0. The van der Waals surface area contributed by atoms with Crippen molar-refractivity contribution >= 4 is 17.5 Å². The van der Waals surface area contributed by atoms with Gasteiger partial charge in [-0.1, -0.05) is 0 Å². The number of imidazole rings is 1. The summed E-state index contributed by atoms with van der Waals surface area (Å²) in [5.41, 5.74) is 1.07. The smallest absolute Gasteiger partial charge is 0.269 e. The molecule has 1 aromatic heterocycles. The van der Waals surface area contributed by atoms with Gasteiger partial charge >= 0.3 is 0 Å². The molecule has 0 aliphatic rings. The maximum atomic E-state index is 11.7. The lowest BCUT2D eigenvalue weighted by Crippen LogP contribution is -1.95. The summed E-state index contributed by atoms with van der Waals surface area (Å²) in [6.45, 7) is 0. The highest BCUT2D eigenvalue weighted by molar-refractivity contribution is 6.06. The number of carbonyl (C=O) groups excluding carboxylic acids is 1. The van der Waals surface area contributed by atoms with E-state index < -0.39 is 4.92 Å². The van der Waals surface area contributed by atoms with Gasteiger partial charge in [0.25, 0.3) is 5.69 Å². The lowest BCUT2D eigenvalue weighted by Gasteiger charge is -1.95. The number of aromatic nitrogens is 2. The molecule has 1 aromatic carbocycles. The molecule has 6 heteroatoms. The summed E-state index contributed by atoms with van der Waals surface area (Å²) >= 11 is 0. The van der Waals surface area contributed by atoms with Crippen molar-refractivity contribution in [2.75, 3.05) is 0 Å². The second-order valence-electron chi connectivity index (χ2n) is 3.51. The van der Waals surface area contributed by atoms with Crippen LogP contribution in [0.5, 0.6) is 0 Å². The monoisotopic (exact) mass is 243 g/mol. The molecule has 6 nitrogen and oxygen atoms in total. The van der Waals surface area contributed by atoms with Gasteiger partial charge in [-0.15, -0.1) is 0 Å². The van der Waals surface area contributed by atoms with Crippen molar-refractivity contribution in [1.29, 1.82) is 0 Å². The highest BCUT2D eigenvalue weighted by atomic mass is 16.6. The van der Waals surface area contributed by atoms with E-state index in [1.165, 1.54) is 36.7 Å². The molecule has 0 aliphatic heterocycles. The molecule has 0 fully saturated rings. The fourth-order valence-corrected chi connectivity index (χ4v) is 1.37. The van der Waals surface area contributed by atoms with E-state index in [0.717, 1.165) is 0 Å². The van der Waals surface area contributed by atoms with Crippen LogP contribution in [0.25, 0.3) is 6.08 Å². The Morgan fingerprint density at radius 1 is 1.33 bits per heavy atom. The van der Waals surface area contributed by atoms with E-state index in [-0.39, 0.29) is 11.5 Å². The van der Waals surface area contributed by atoms with Crippen molar-refractivity contribution in [3.8, 4) is 0 Å². The maximum Gasteiger partial charge on any atom is 0.269 e. The van der Waals surface area contributed by atoms with Crippen LogP contribution in [0.1, 0.15) is 16.1 Å². The third-order valence-electron chi connectivity index (χ3n) is 2.30. The van der Waals surface area contributed by atoms with Crippen molar-refractivity contribution in [1.82, 2.24) is 9.97 Å². The lowest BCUT2D eigenvalue weighted by atomic mass is 10.1. The number of nitro groups is 1. The normalized spacial score (nSPS) is 10.7. The largest absolute Gasteiger partial charge is 0.345 e. The van der Waals surface area contributed by atoms with E-state index in [0.29, 0.717) is 11.3 Å². The number of non-ortho nitro benzene ring substituents is 1. The van der Waals surface area contributed by atoms with Crippen LogP contribution in [0.2, 0.25) is 0 Å². The zero-order chi connectivity index (χ0) is 13.0. The average Bonchev–Trinajstić information content (AvgIpc) is 2.89. The van der Waals surface area contributed by atoms with E-state index >= 15 is 0 Å². The molecule has 0 saturated heterocycles. The molecule has 0 saturated carbocycles. The zero-order valence-corrected chi connectivity index (χ0v) is 9.24. The molecule has 1 heterocycles. The summed E-state index contributed by atoms with van der Waals surface area (Å²) in [6, 6.07) is 5.46. The predicted molar refractivity (Wildman–Crippen MR) is 65.0 cm³/mol. The van der Waals surface area contributed by atoms with E-state index in [4.69, 9.17) is 0 Å². The summed E-state index contributed by atoms with van der Waals surface area (Å²) in [7, 11) is 0. The molecule has 2 aromatic rings. The van der Waals surface area contributed by atoms with Crippen molar-refractivity contribution in [3.63, 3.8) is 0 Å². The summed E-state index contributed by atoms with van der Waals surface area (Å²) in [6.07, 6.45) is 6.07. The van der Waals surface area contributed by atoms with E-state index in [1.807, 2.05) is 0 Å². The quantitative estimate of drug-likeness (QED) is 0.386. The number of aromatic amines is 1. The number of nitro benzene ring substituents is 1. The number of benzene rings is 1. The number of carbonyl (C=O) groups is 1. The molecule has 18 heavy (non-hydrogen) atoms. The van der Waals surface area contributed by atoms with Crippen LogP contribution < -0.4 is 0 Å². The van der Waals surface area contributed by atoms with Gasteiger partial charge in [-0.2, -0.15) is 0 Å². The van der Waals surface area contributed by atoms with E-state index in [1.54, 1.807) is 12.3 Å². The highest BCUT2D eigenvalue weighted by Crippen LogP contribution is 2.12. The number of H-pyrrole nitrogens is 1. The van der Waals surface area contributed by atoms with E-state index in [9.17, 15) is 14.9 Å². The molecule has 0 spiro atoms. The Hall–Kier alpha value is -2.76. The Morgan fingerprint density at radius 3 is 2.61 bits per heavy atom. The molecule has 0 aliphatic carbocycles. The van der Waals surface area contributed by atoms with Gasteiger partial charge in [0.2, 0.25) is 0 Å². The van der Waals surface area contributed by atoms with Crippen LogP contribution >= 0.6 is 0 Å². The van der Waals surface area contributed by atoms with Crippen molar-refractivity contribution in [2.24, 2.45) is 0 Å². The van der Waals surface area contributed by atoms with Gasteiger partial charge in [-0.05, 0) is 24.3 Å². The Kier molecular flexibility index (Phi) is 3.29. The van der Waals surface area contributed by atoms with Gasteiger partial charge in [-0.3, -0.25) is 14.9 Å². The van der Waals surface area contributed by atoms with Gasteiger partial charge in [0.15, 0.2) is 5.78 Å². The topological polar surface area (TPSA) is 88.9 Å². The van der Waals surface area contributed by atoms with Crippen LogP contribution in [-0.4, -0.2) is 20.7 Å². The summed E-state index contributed by atoms with van der Waals surface area (Å²) in [4.78, 5) is 28.3. The number of nitrogens with one attached hydrogen (secondary N) is 1. The zero-order valence-electron chi connectivity index (χ0n) is 9.24. The second kappa shape index (κ2) is 5.05. The van der Waals surface area contributed by atoms with Crippen LogP contribution in [0.3, 0.4) is 0 Å². The highest BCUT2D eigenvalue weighted by Gasteiger charge is 2.07. The Morgan fingerprint density at radius 2 is 2.06 bits per heavy atom. The van der Waals surface area contributed by atoms with Gasteiger partial charge < -0.3 is 4.98 Å². The number of rotatable bonds is 4. The molecule has 90 valence electrons. The van der Waals surface area contributed by atoms with Crippen LogP contribution in [0, 0.1) is 10.1 Å². The maximum absolute atomic E-state index is 11.7. The molecular weight excluding hydrogens is 234 g/mol. The van der Waals surface area contributed by atoms with Crippen LogP contribution in [0.15, 0.2) is 42.9 Å². The first-order valence-corrected chi connectivity index (χ1v) is 5.12. The first-order chi connectivity index (χ1) is 8.66. The van der Waals surface area contributed by atoms with E-state index in [2.05, 4.69) is 9.97 Å². The van der Waals surface area contributed by atoms with Gasteiger partial charge in [0.1, 0.15) is 0 Å². The Bertz CT molecular complexity index is 586. The fourth-order valence-electron chi connectivity index (χ4n) is 1.37. The SMILES string of the molecule is O=C(/C=C/c1cnc[nH]1)c1ccc([N+](=O)[O-])cc1. The third-order valence-corrected chi connectivity index (χ3v) is 2.30. The summed E-state index contributed by atoms with van der Waals surface area (Å²) in [5, 5.41) is 10.5. The molecule has 0 unspecified atom stereocenters. The number of ketones is 1. The number of hydrogen-bond acceptors (Lipinski definition) is 4. The minimum atomic E-state index is -0.505. The van der Waals surface area contributed by atoms with Crippen molar-refractivity contribution < 1.29 is 9.72 Å². The number of nitrogens with zero attached hydrogens (tertiary/aromatic N) is 2. The number of allylic oxidation sites excluding steroid dienone is 1. The number of hydrogen-bond donors (Lipinski definition) is 1. The molecule has 0 radical (unpaired) electrons. The van der Waals surface area contributed by atoms with Crippen LogP contribution in [-0.2, 0) is 0 Å². The molecule has 0 amide bonds. The first-order valence-electron chi connectivity index (χ1n) is 5.12. The van der Waals surface area contributed by atoms with Gasteiger partial charge in [0, 0.05) is 17.7 Å². The molecule has 0 bridgehead atoms. The average molecular weight is 243 g/mol. The first kappa shape index (κ1) is 11.7.